The Morgan fingerprint density at radius 3 is 0.970 bits per heavy atom. The Morgan fingerprint density at radius 2 is 0.689 bits per heavy atom. The highest BCUT2D eigenvalue weighted by molar-refractivity contribution is 7.91. The molecule has 1 atom stereocenters. The van der Waals surface area contributed by atoms with Crippen molar-refractivity contribution in [1.29, 1.82) is 47.4 Å². The summed E-state index contributed by atoms with van der Waals surface area (Å²) in [6.45, 7) is 34.9. The van der Waals surface area contributed by atoms with Gasteiger partial charge in [-0.1, -0.05) is 80.0 Å². The number of carbonyl (C=O) groups is 5. The molecule has 5 aromatic carbocycles. The second kappa shape index (κ2) is 46.7. The fourth-order valence-corrected chi connectivity index (χ4v) is 15.9. The van der Waals surface area contributed by atoms with Gasteiger partial charge in [0.2, 0.25) is 0 Å². The molecule has 2 aliphatic carbocycles. The first-order valence-corrected chi connectivity index (χ1v) is 44.0. The van der Waals surface area contributed by atoms with E-state index >= 15 is 0 Å². The summed E-state index contributed by atoms with van der Waals surface area (Å²) in [7, 11) is -1.55. The molecule has 13 rings (SSSR count). The van der Waals surface area contributed by atoms with Crippen molar-refractivity contribution in [3.63, 3.8) is 0 Å². The van der Waals surface area contributed by atoms with Crippen LogP contribution in [-0.4, -0.2) is 130 Å². The number of benzene rings is 5. The van der Waals surface area contributed by atoms with Crippen LogP contribution in [0.3, 0.4) is 0 Å². The van der Waals surface area contributed by atoms with Gasteiger partial charge in [-0.05, 0) is 238 Å². The standard InChI is InChI=1S/C21H24N4O3S.C20H23N5O.C19H19N5O.C19H21N5O.C17H17N5O.4CH4/c1-13(2)25-20(21(26)23-17-9-10-29(27,28)12-17)18(15-7-8-15)19(24-25)16-5-3-14(11-22)4-6-16;1-12(2)11-23-20(26)19-17(10-22)18(24-25(19)13(3)4)15-6-7-16(9-21)14(5)8-15;1-11(2)24-18(19(25)22-15-6-7-15)16(10-21)17(23-24)13-4-5-14(9-20)12(3)8-13;1-11(2)22-19(25)18-16(10-21)17(23-24(18)12(3)4)14-6-7-15(9-20)13(5)8-14;1-10(2)22-16(17(23)20-4)14(9-19)15(21-22)12-5-6-13(8-18)11(3)7-12;;;;/h3-6,13,15,17H,7-10,12H2,1-2H3,(H,23,26);6-8,12-13H,11H2,1-5H3,(H,23,26);4-5,8,11,15H,6-7H2,1-3H3,(H,22,25);6-8,11-12H,1-5H3,(H,22,25);5-7,10H,1-4H3,(H,20,23);4*1H4. The summed E-state index contributed by atoms with van der Waals surface area (Å²) in [4.78, 5) is 63.3. The van der Waals surface area contributed by atoms with Crippen molar-refractivity contribution in [3.05, 3.63) is 203 Å². The average Bonchev–Trinajstić information content (AvgIpc) is 1.59. The molecule has 1 saturated heterocycles. The molecule has 2 saturated carbocycles. The molecule has 31 nitrogen and oxygen atoms in total. The van der Waals surface area contributed by atoms with E-state index in [1.165, 1.54) is 7.05 Å². The van der Waals surface area contributed by atoms with Crippen LogP contribution < -0.4 is 26.6 Å². The topological polar surface area (TPSA) is 483 Å². The number of rotatable bonds is 21. The molecule has 1 unspecified atom stereocenters. The van der Waals surface area contributed by atoms with Crippen molar-refractivity contribution in [1.82, 2.24) is 75.5 Å². The van der Waals surface area contributed by atoms with Crippen molar-refractivity contribution in [2.24, 2.45) is 5.92 Å². The predicted molar refractivity (Wildman–Crippen MR) is 509 cm³/mol. The molecule has 0 spiro atoms. The maximum atomic E-state index is 13.2. The minimum atomic E-state index is -3.07. The minimum Gasteiger partial charge on any atom is -0.354 e. The van der Waals surface area contributed by atoms with Crippen LogP contribution >= 0.6 is 0 Å². The Balaban J connectivity index is 0.000000290. The third kappa shape index (κ3) is 24.8. The summed E-state index contributed by atoms with van der Waals surface area (Å²) in [5.41, 5.74) is 16.0. The maximum Gasteiger partial charge on any atom is 0.271 e. The van der Waals surface area contributed by atoms with Gasteiger partial charge in [-0.3, -0.25) is 47.4 Å². The first kappa shape index (κ1) is 107. The number of nitriles is 9. The average molecular weight is 1800 g/mol. The van der Waals surface area contributed by atoms with E-state index in [4.69, 9.17) is 31.4 Å². The van der Waals surface area contributed by atoms with Gasteiger partial charge in [0, 0.05) is 95.3 Å². The molecule has 0 radical (unpaired) electrons. The van der Waals surface area contributed by atoms with E-state index < -0.39 is 9.84 Å². The molecule has 5 aromatic heterocycles. The Labute approximate surface area is 776 Å². The fraction of sp³-hybridized carbons (Fsp3) is 0.410. The lowest BCUT2D eigenvalue weighted by atomic mass is 10.0. The molecule has 0 bridgehead atoms. The van der Waals surface area contributed by atoms with Gasteiger partial charge in [0.05, 0.1) is 75.4 Å². The van der Waals surface area contributed by atoms with Gasteiger partial charge in [-0.2, -0.15) is 72.9 Å². The smallest absolute Gasteiger partial charge is 0.271 e. The first-order chi connectivity index (χ1) is 60.8. The number of nitrogens with one attached hydrogen (secondary N) is 5. The van der Waals surface area contributed by atoms with Gasteiger partial charge in [-0.15, -0.1) is 0 Å². The summed E-state index contributed by atoms with van der Waals surface area (Å²) >= 11 is 0. The molecule has 10 aromatic rings. The Morgan fingerprint density at radius 1 is 0.379 bits per heavy atom. The second-order valence-corrected chi connectivity index (χ2v) is 35.9. The van der Waals surface area contributed by atoms with Crippen LogP contribution in [0, 0.1) is 136 Å². The highest BCUT2D eigenvalue weighted by Gasteiger charge is 2.39. The zero-order valence-corrected chi connectivity index (χ0v) is 76.2. The summed E-state index contributed by atoms with van der Waals surface area (Å²) in [5, 5.41) is 121. The monoisotopic (exact) mass is 1800 g/mol. The highest BCUT2D eigenvalue weighted by atomic mass is 32.2. The number of hydrogen-bond donors (Lipinski definition) is 5. The number of amides is 5. The van der Waals surface area contributed by atoms with Crippen LogP contribution in [-0.2, 0) is 9.84 Å². The van der Waals surface area contributed by atoms with Crippen molar-refractivity contribution < 1.29 is 32.4 Å². The quantitative estimate of drug-likeness (QED) is 0.0446. The minimum absolute atomic E-state index is 0. The molecular formula is C100H120N24O7S. The van der Waals surface area contributed by atoms with Gasteiger partial charge in [0.15, 0.2) is 9.84 Å². The molecule has 6 heterocycles. The van der Waals surface area contributed by atoms with E-state index in [1.807, 2.05) is 155 Å². The molecule has 5 amide bonds. The summed E-state index contributed by atoms with van der Waals surface area (Å²) in [6.07, 6.45) is 4.41. The number of aryl methyl sites for hydroxylation is 4. The van der Waals surface area contributed by atoms with E-state index in [9.17, 15) is 53.4 Å². The number of nitrogens with zero attached hydrogens (tertiary/aromatic N) is 19. The predicted octanol–water partition coefficient (Wildman–Crippen LogP) is 17.8. The lowest BCUT2D eigenvalue weighted by Crippen LogP contribution is -2.37. The number of aromatic nitrogens is 10. The number of sulfone groups is 1. The van der Waals surface area contributed by atoms with Crippen LogP contribution in [0.2, 0.25) is 0 Å². The molecular weight excluding hydrogens is 1680 g/mol. The molecule has 3 fully saturated rings. The molecule has 132 heavy (non-hydrogen) atoms. The molecule has 1 aliphatic heterocycles. The van der Waals surface area contributed by atoms with Gasteiger partial charge >= 0.3 is 0 Å². The van der Waals surface area contributed by atoms with Crippen LogP contribution in [0.25, 0.3) is 56.3 Å². The fourth-order valence-electron chi connectivity index (χ4n) is 14.3. The normalized spacial score (nSPS) is 12.9. The van der Waals surface area contributed by atoms with E-state index in [2.05, 4.69) is 102 Å². The first-order valence-electron chi connectivity index (χ1n) is 42.2. The Kier molecular flexibility index (Phi) is 38.0. The maximum absolute atomic E-state index is 13.2. The number of carbonyl (C=O) groups excluding carboxylic acids is 5. The van der Waals surface area contributed by atoms with Crippen molar-refractivity contribution >= 4 is 39.4 Å². The lowest BCUT2D eigenvalue weighted by Gasteiger charge is -2.15. The molecule has 3 aliphatic rings. The third-order valence-electron chi connectivity index (χ3n) is 21.1. The van der Waals surface area contributed by atoms with Crippen molar-refractivity contribution in [3.8, 4) is 111 Å². The second-order valence-electron chi connectivity index (χ2n) is 33.7. The van der Waals surface area contributed by atoms with Crippen LogP contribution in [0.4, 0.5) is 0 Å². The Bertz CT molecular complexity index is 6330. The van der Waals surface area contributed by atoms with E-state index in [-0.39, 0.29) is 164 Å². The van der Waals surface area contributed by atoms with Gasteiger partial charge in [0.25, 0.3) is 29.5 Å². The van der Waals surface area contributed by atoms with E-state index in [0.717, 1.165) is 75.9 Å². The molecule has 32 heteroatoms. The van der Waals surface area contributed by atoms with Crippen LogP contribution in [0.1, 0.15) is 325 Å². The van der Waals surface area contributed by atoms with E-state index in [0.29, 0.717) is 92.0 Å². The summed E-state index contributed by atoms with van der Waals surface area (Å²) in [5.74, 6) is -0.770. The van der Waals surface area contributed by atoms with E-state index in [1.54, 1.807) is 90.1 Å². The highest BCUT2D eigenvalue weighted by Crippen LogP contribution is 2.47. The molecule has 5 N–H and O–H groups in total. The van der Waals surface area contributed by atoms with Gasteiger partial charge in [-0.25, -0.2) is 8.42 Å². The molecule has 688 valence electrons. The largest absolute Gasteiger partial charge is 0.354 e. The van der Waals surface area contributed by atoms with Gasteiger partial charge in [0.1, 0.15) is 97.8 Å². The van der Waals surface area contributed by atoms with Crippen molar-refractivity contribution in [2.45, 2.75) is 241 Å². The zero-order valence-electron chi connectivity index (χ0n) is 75.4. The van der Waals surface area contributed by atoms with Crippen LogP contribution in [0.5, 0.6) is 0 Å². The summed E-state index contributed by atoms with van der Waals surface area (Å²) in [6, 6.07) is 47.0. The zero-order chi connectivity index (χ0) is 94.2. The summed E-state index contributed by atoms with van der Waals surface area (Å²) < 4.78 is 31.6. The van der Waals surface area contributed by atoms with Crippen LogP contribution in [0.15, 0.2) is 97.1 Å². The SMILES string of the molecule is C.C.C.C.CC(C)n1nc(-c2ccc(C#N)cc2)c(C2CC2)c1C(=O)NC1CCS(=O)(=O)C1.CNC(=O)c1c(C#N)c(-c2ccc(C#N)c(C)c2)nn1C(C)C.Cc1cc(-c2nn(C(C)C)c(C(=O)NC(C)C)c2C#N)ccc1C#N.Cc1cc(-c2nn(C(C)C)c(C(=O)NC3CC3)c2C#N)ccc1C#N.Cc1cc(-c2nn(C(C)C)c(C(=O)NCC(C)C)c2C#N)ccc1C#N. The van der Waals surface area contributed by atoms with Gasteiger partial charge < -0.3 is 26.6 Å². The third-order valence-corrected chi connectivity index (χ3v) is 22.9. The lowest BCUT2D eigenvalue weighted by molar-refractivity contribution is 0.0920. The Hall–Kier alpha value is -15.1. The number of hydrogen-bond acceptors (Lipinski definition) is 21. The van der Waals surface area contributed by atoms with Crippen molar-refractivity contribution in [2.75, 3.05) is 25.1 Å².